The summed E-state index contributed by atoms with van der Waals surface area (Å²) in [5, 5.41) is -6.00. The van der Waals surface area contributed by atoms with Crippen LogP contribution in [0.3, 0.4) is 0 Å². The van der Waals surface area contributed by atoms with E-state index in [0.29, 0.717) is 0 Å². The van der Waals surface area contributed by atoms with E-state index in [2.05, 4.69) is 5.73 Å². The molecule has 0 fully saturated rings. The van der Waals surface area contributed by atoms with Crippen LogP contribution in [-0.4, -0.2) is 36.1 Å². The van der Waals surface area contributed by atoms with Crippen LogP contribution in [0.15, 0.2) is 0 Å². The summed E-state index contributed by atoms with van der Waals surface area (Å²) in [5.74, 6) is -14.0. The maximum absolute atomic E-state index is 12.6. The largest absolute Gasteiger partial charge is 0.460 e. The van der Waals surface area contributed by atoms with Crippen LogP contribution in [0, 0.1) is 0 Å². The Bertz CT molecular complexity index is 397. The van der Waals surface area contributed by atoms with Gasteiger partial charge < -0.3 is 0 Å². The minimum Gasteiger partial charge on any atom is -0.282 e. The molecular formula is C4H3F8NO3S. The van der Waals surface area contributed by atoms with Crippen molar-refractivity contribution in [3.05, 3.63) is 0 Å². The second-order valence-electron chi connectivity index (χ2n) is 2.77. The molecule has 0 rings (SSSR count). The lowest BCUT2D eigenvalue weighted by Gasteiger charge is -2.33. The molecule has 0 aromatic heterocycles. The van der Waals surface area contributed by atoms with Gasteiger partial charge in [-0.25, -0.2) is 0 Å². The van der Waals surface area contributed by atoms with E-state index in [9.17, 15) is 43.5 Å². The van der Waals surface area contributed by atoms with Crippen LogP contribution >= 0.6 is 0 Å². The van der Waals surface area contributed by atoms with Crippen LogP contribution in [-0.2, 0) is 10.1 Å². The molecule has 0 bridgehead atoms. The summed E-state index contributed by atoms with van der Waals surface area (Å²) in [6, 6.07) is 0. The lowest BCUT2D eigenvalue weighted by atomic mass is 10.1. The highest BCUT2D eigenvalue weighted by atomic mass is 32.2. The SMILES string of the molecule is NC(F)(C(F)(F)C(F)(F)C(F)(F)F)S(=O)(=O)O. The molecule has 0 amide bonds. The molecule has 0 aromatic rings. The molecule has 0 aromatic carbocycles. The van der Waals surface area contributed by atoms with Crippen molar-refractivity contribution in [1.29, 1.82) is 0 Å². The normalized spacial score (nSPS) is 18.9. The molecule has 3 N–H and O–H groups in total. The highest BCUT2D eigenvalue weighted by molar-refractivity contribution is 7.87. The van der Waals surface area contributed by atoms with Gasteiger partial charge in [0.15, 0.2) is 0 Å². The van der Waals surface area contributed by atoms with E-state index in [-0.39, 0.29) is 0 Å². The van der Waals surface area contributed by atoms with Crippen LogP contribution in [0.5, 0.6) is 0 Å². The zero-order valence-electron chi connectivity index (χ0n) is 7.27. The van der Waals surface area contributed by atoms with Crippen molar-refractivity contribution in [1.82, 2.24) is 0 Å². The second kappa shape index (κ2) is 3.65. The van der Waals surface area contributed by atoms with Crippen molar-refractivity contribution >= 4 is 10.1 Å². The molecule has 4 nitrogen and oxygen atoms in total. The third-order valence-electron chi connectivity index (χ3n) is 1.55. The van der Waals surface area contributed by atoms with Gasteiger partial charge in [-0.1, -0.05) is 0 Å². The molecule has 1 atom stereocenters. The number of hydrogen-bond acceptors (Lipinski definition) is 3. The highest BCUT2D eigenvalue weighted by Crippen LogP contribution is 2.52. The standard InChI is InChI=1S/C4H3F8NO3S/c5-1(6,3(9,10)11)2(7,8)4(12,13)17(14,15)16/h13H2,(H,14,15,16). The first-order valence-electron chi connectivity index (χ1n) is 3.27. The van der Waals surface area contributed by atoms with Gasteiger partial charge in [0.25, 0.3) is 0 Å². The van der Waals surface area contributed by atoms with Crippen molar-refractivity contribution in [2.24, 2.45) is 5.73 Å². The highest BCUT2D eigenvalue weighted by Gasteiger charge is 2.83. The van der Waals surface area contributed by atoms with Crippen LogP contribution < -0.4 is 5.73 Å². The molecular weight excluding hydrogens is 294 g/mol. The Morgan fingerprint density at radius 3 is 1.29 bits per heavy atom. The van der Waals surface area contributed by atoms with E-state index >= 15 is 0 Å². The minimum absolute atomic E-state index is 3.52. The summed E-state index contributed by atoms with van der Waals surface area (Å²) in [6.07, 6.45) is -6.97. The zero-order chi connectivity index (χ0) is 14.5. The van der Waals surface area contributed by atoms with Gasteiger partial charge >= 0.3 is 33.3 Å². The van der Waals surface area contributed by atoms with Gasteiger partial charge in [-0.05, 0) is 0 Å². The third kappa shape index (κ3) is 2.18. The fraction of sp³-hybridized carbons (Fsp3) is 1.00. The van der Waals surface area contributed by atoms with Crippen molar-refractivity contribution in [2.75, 3.05) is 0 Å². The smallest absolute Gasteiger partial charge is 0.282 e. The molecule has 0 aliphatic heterocycles. The Balaban J connectivity index is 5.91. The van der Waals surface area contributed by atoms with E-state index < -0.39 is 33.3 Å². The second-order valence-corrected chi connectivity index (χ2v) is 4.31. The van der Waals surface area contributed by atoms with Crippen LogP contribution in [0.2, 0.25) is 0 Å². The Hall–Kier alpha value is -0.690. The Labute approximate surface area is 88.1 Å². The van der Waals surface area contributed by atoms with Crippen molar-refractivity contribution in [3.63, 3.8) is 0 Å². The molecule has 17 heavy (non-hydrogen) atoms. The van der Waals surface area contributed by atoms with Gasteiger partial charge in [0.05, 0.1) is 0 Å². The Morgan fingerprint density at radius 1 is 0.824 bits per heavy atom. The van der Waals surface area contributed by atoms with E-state index in [1.54, 1.807) is 0 Å². The molecule has 0 radical (unpaired) electrons. The average molecular weight is 297 g/mol. The molecule has 0 saturated carbocycles. The van der Waals surface area contributed by atoms with E-state index in [1.165, 1.54) is 0 Å². The zero-order valence-corrected chi connectivity index (χ0v) is 8.09. The third-order valence-corrected chi connectivity index (χ3v) is 2.56. The summed E-state index contributed by atoms with van der Waals surface area (Å²) in [7, 11) is -6.72. The molecule has 104 valence electrons. The van der Waals surface area contributed by atoms with Crippen LogP contribution in [0.4, 0.5) is 35.1 Å². The van der Waals surface area contributed by atoms with Crippen molar-refractivity contribution in [2.45, 2.75) is 23.1 Å². The number of halogens is 8. The summed E-state index contributed by atoms with van der Waals surface area (Å²) < 4.78 is 124. The number of nitrogens with two attached hydrogens (primary N) is 1. The fourth-order valence-corrected chi connectivity index (χ4v) is 1.01. The predicted octanol–water partition coefficient (Wildman–Crippen LogP) is 1.29. The Morgan fingerprint density at radius 2 is 1.12 bits per heavy atom. The minimum atomic E-state index is -7.10. The van der Waals surface area contributed by atoms with Gasteiger partial charge in [-0.2, -0.15) is 43.5 Å². The van der Waals surface area contributed by atoms with Gasteiger partial charge in [-0.15, -0.1) is 0 Å². The average Bonchev–Trinajstić information content (AvgIpc) is 1.98. The van der Waals surface area contributed by atoms with Gasteiger partial charge in [0, 0.05) is 0 Å². The van der Waals surface area contributed by atoms with Crippen LogP contribution in [0.25, 0.3) is 0 Å². The molecule has 13 heteroatoms. The van der Waals surface area contributed by atoms with E-state index in [0.717, 1.165) is 0 Å². The summed E-state index contributed by atoms with van der Waals surface area (Å²) >= 11 is 0. The fourth-order valence-electron chi connectivity index (χ4n) is 0.554. The molecule has 0 saturated heterocycles. The quantitative estimate of drug-likeness (QED) is 0.467. The predicted molar refractivity (Wildman–Crippen MR) is 35.5 cm³/mol. The van der Waals surface area contributed by atoms with Crippen molar-refractivity contribution in [3.8, 4) is 0 Å². The molecule has 0 spiro atoms. The monoisotopic (exact) mass is 297 g/mol. The molecule has 0 aliphatic carbocycles. The first kappa shape index (κ1) is 16.3. The van der Waals surface area contributed by atoms with E-state index in [4.69, 9.17) is 4.55 Å². The Kier molecular flexibility index (Phi) is 3.50. The number of hydrogen-bond donors (Lipinski definition) is 2. The topological polar surface area (TPSA) is 80.4 Å². The number of alkyl halides is 8. The summed E-state index contributed by atoms with van der Waals surface area (Å²) in [5.41, 5.74) is 3.52. The van der Waals surface area contributed by atoms with E-state index in [1.807, 2.05) is 0 Å². The maximum atomic E-state index is 12.6. The van der Waals surface area contributed by atoms with Gasteiger partial charge in [-0.3, -0.25) is 10.3 Å². The lowest BCUT2D eigenvalue weighted by Crippen LogP contribution is -2.68. The summed E-state index contributed by atoms with van der Waals surface area (Å²) in [6.45, 7) is 0. The molecule has 1 unspecified atom stereocenters. The molecule has 0 heterocycles. The summed E-state index contributed by atoms with van der Waals surface area (Å²) in [4.78, 5) is 0. The van der Waals surface area contributed by atoms with Crippen molar-refractivity contribution < 1.29 is 48.1 Å². The molecule has 0 aliphatic rings. The van der Waals surface area contributed by atoms with Gasteiger partial charge in [0.2, 0.25) is 0 Å². The van der Waals surface area contributed by atoms with Crippen LogP contribution in [0.1, 0.15) is 0 Å². The van der Waals surface area contributed by atoms with Gasteiger partial charge in [0.1, 0.15) is 0 Å². The number of rotatable bonds is 3. The lowest BCUT2D eigenvalue weighted by molar-refractivity contribution is -0.370. The maximum Gasteiger partial charge on any atom is 0.460 e. The first-order valence-corrected chi connectivity index (χ1v) is 4.71. The first-order chi connectivity index (χ1) is 7.00.